The molecule has 2 heterocycles. The van der Waals surface area contributed by atoms with E-state index in [0.29, 0.717) is 29.2 Å². The molecule has 0 saturated carbocycles. The van der Waals surface area contributed by atoms with E-state index in [1.807, 2.05) is 20.8 Å². The molecule has 2 aromatic rings. The zero-order valence-electron chi connectivity index (χ0n) is 10.6. The van der Waals surface area contributed by atoms with Gasteiger partial charge in [-0.25, -0.2) is 4.68 Å². The number of nitrogens with zero attached hydrogens (tertiary/aromatic N) is 4. The van der Waals surface area contributed by atoms with Gasteiger partial charge in [0.2, 0.25) is 0 Å². The lowest BCUT2D eigenvalue weighted by atomic mass is 10.2. The van der Waals surface area contributed by atoms with Crippen LogP contribution in [0, 0.1) is 11.7 Å². The molecule has 6 nitrogen and oxygen atoms in total. The molecule has 0 aliphatic carbocycles. The van der Waals surface area contributed by atoms with E-state index in [9.17, 15) is 4.79 Å². The van der Waals surface area contributed by atoms with Crippen LogP contribution in [0.2, 0.25) is 0 Å². The van der Waals surface area contributed by atoms with Crippen molar-refractivity contribution in [2.75, 3.05) is 0 Å². The molecule has 0 radical (unpaired) electrons. The van der Waals surface area contributed by atoms with Crippen LogP contribution in [0.15, 0.2) is 10.9 Å². The van der Waals surface area contributed by atoms with E-state index in [-0.39, 0.29) is 5.56 Å². The van der Waals surface area contributed by atoms with Gasteiger partial charge in [-0.2, -0.15) is 10.2 Å². The van der Waals surface area contributed by atoms with E-state index < -0.39 is 0 Å². The van der Waals surface area contributed by atoms with Gasteiger partial charge < -0.3 is 4.57 Å². The fourth-order valence-electron chi connectivity index (χ4n) is 1.87. The topological polar surface area (TPSA) is 68.5 Å². The van der Waals surface area contributed by atoms with Gasteiger partial charge in [-0.1, -0.05) is 0 Å². The molecule has 0 atom stereocenters. The number of nitrogens with one attached hydrogen (secondary N) is 1. The third-order valence-corrected chi connectivity index (χ3v) is 3.02. The Kier molecular flexibility index (Phi) is 3.42. The summed E-state index contributed by atoms with van der Waals surface area (Å²) < 4.78 is 3.75. The van der Waals surface area contributed by atoms with E-state index in [1.54, 1.807) is 10.6 Å². The Bertz CT molecular complexity index is 681. The minimum atomic E-state index is -0.146. The summed E-state index contributed by atoms with van der Waals surface area (Å²) in [6.45, 7) is 6.89. The SMILES string of the molecule is CCn1nc(C)cc(-c2n[nH]c(=S)n2CC)c1=O. The van der Waals surface area contributed by atoms with Crippen LogP contribution in [-0.4, -0.2) is 24.5 Å². The number of aromatic nitrogens is 5. The highest BCUT2D eigenvalue weighted by molar-refractivity contribution is 7.71. The Morgan fingerprint density at radius 3 is 2.72 bits per heavy atom. The van der Waals surface area contributed by atoms with Crippen molar-refractivity contribution < 1.29 is 0 Å². The van der Waals surface area contributed by atoms with E-state index >= 15 is 0 Å². The predicted molar refractivity (Wildman–Crippen MR) is 71.0 cm³/mol. The first-order chi connectivity index (χ1) is 8.58. The van der Waals surface area contributed by atoms with Crippen LogP contribution in [0.3, 0.4) is 0 Å². The average molecular weight is 265 g/mol. The summed E-state index contributed by atoms with van der Waals surface area (Å²) in [7, 11) is 0. The van der Waals surface area contributed by atoms with Crippen LogP contribution in [0.1, 0.15) is 19.5 Å². The quantitative estimate of drug-likeness (QED) is 0.854. The number of aromatic amines is 1. The second-order valence-corrected chi connectivity index (χ2v) is 4.30. The van der Waals surface area contributed by atoms with Crippen molar-refractivity contribution in [2.24, 2.45) is 0 Å². The summed E-state index contributed by atoms with van der Waals surface area (Å²) >= 11 is 5.13. The molecule has 18 heavy (non-hydrogen) atoms. The molecule has 0 fully saturated rings. The summed E-state index contributed by atoms with van der Waals surface area (Å²) in [4.78, 5) is 12.2. The smallest absolute Gasteiger partial charge is 0.277 e. The monoisotopic (exact) mass is 265 g/mol. The fourth-order valence-corrected chi connectivity index (χ4v) is 2.13. The normalized spacial score (nSPS) is 10.8. The van der Waals surface area contributed by atoms with Crippen LogP contribution in [0.25, 0.3) is 11.4 Å². The second kappa shape index (κ2) is 4.85. The molecular weight excluding hydrogens is 250 g/mol. The number of H-pyrrole nitrogens is 1. The van der Waals surface area contributed by atoms with Crippen LogP contribution in [0.5, 0.6) is 0 Å². The summed E-state index contributed by atoms with van der Waals surface area (Å²) in [5.74, 6) is 0.570. The molecule has 0 aromatic carbocycles. The van der Waals surface area contributed by atoms with Crippen molar-refractivity contribution in [3.05, 3.63) is 26.9 Å². The molecule has 0 saturated heterocycles. The van der Waals surface area contributed by atoms with Gasteiger partial charge >= 0.3 is 0 Å². The molecule has 7 heteroatoms. The maximum absolute atomic E-state index is 12.2. The van der Waals surface area contributed by atoms with Crippen LogP contribution < -0.4 is 5.56 Å². The maximum atomic E-state index is 12.2. The zero-order chi connectivity index (χ0) is 13.3. The van der Waals surface area contributed by atoms with E-state index in [1.165, 1.54) is 4.68 Å². The Hall–Kier alpha value is -1.76. The van der Waals surface area contributed by atoms with E-state index in [4.69, 9.17) is 12.2 Å². The van der Waals surface area contributed by atoms with Gasteiger partial charge in [-0.05, 0) is 39.1 Å². The Labute approximate surface area is 109 Å². The number of aryl methyl sites for hydroxylation is 2. The van der Waals surface area contributed by atoms with Crippen LogP contribution >= 0.6 is 12.2 Å². The third-order valence-electron chi connectivity index (χ3n) is 2.71. The van der Waals surface area contributed by atoms with Crippen LogP contribution in [0.4, 0.5) is 0 Å². The van der Waals surface area contributed by atoms with Crippen molar-refractivity contribution in [3.63, 3.8) is 0 Å². The molecule has 0 bridgehead atoms. The largest absolute Gasteiger partial charge is 0.300 e. The standard InChI is InChI=1S/C11H15N5OS/c1-4-15-9(12-13-11(15)18)8-6-7(3)14-16(5-2)10(8)17/h6H,4-5H2,1-3H3,(H,13,18). The van der Waals surface area contributed by atoms with Crippen molar-refractivity contribution in [3.8, 4) is 11.4 Å². The van der Waals surface area contributed by atoms with Crippen molar-refractivity contribution in [2.45, 2.75) is 33.9 Å². The third kappa shape index (κ3) is 2.01. The van der Waals surface area contributed by atoms with Crippen LogP contribution in [-0.2, 0) is 13.1 Å². The van der Waals surface area contributed by atoms with E-state index in [0.717, 1.165) is 5.69 Å². The molecule has 0 aliphatic heterocycles. The molecule has 2 aromatic heterocycles. The lowest BCUT2D eigenvalue weighted by Crippen LogP contribution is -2.25. The Morgan fingerprint density at radius 1 is 1.39 bits per heavy atom. The molecule has 2 rings (SSSR count). The van der Waals surface area contributed by atoms with Gasteiger partial charge in [0, 0.05) is 13.1 Å². The summed E-state index contributed by atoms with van der Waals surface area (Å²) in [5.41, 5.74) is 1.16. The lowest BCUT2D eigenvalue weighted by Gasteiger charge is -2.07. The van der Waals surface area contributed by atoms with E-state index in [2.05, 4.69) is 15.3 Å². The van der Waals surface area contributed by atoms with Crippen molar-refractivity contribution in [1.82, 2.24) is 24.5 Å². The summed E-state index contributed by atoms with van der Waals surface area (Å²) in [5, 5.41) is 11.0. The summed E-state index contributed by atoms with van der Waals surface area (Å²) in [6.07, 6.45) is 0. The molecule has 96 valence electrons. The molecule has 0 unspecified atom stereocenters. The minimum absolute atomic E-state index is 0.146. The number of hydrogen-bond acceptors (Lipinski definition) is 4. The van der Waals surface area contributed by atoms with Gasteiger partial charge in [-0.15, -0.1) is 0 Å². The van der Waals surface area contributed by atoms with Gasteiger partial charge in [0.1, 0.15) is 0 Å². The predicted octanol–water partition coefficient (Wildman–Crippen LogP) is 1.51. The lowest BCUT2D eigenvalue weighted by molar-refractivity contribution is 0.606. The molecule has 1 N–H and O–H groups in total. The first-order valence-electron chi connectivity index (χ1n) is 5.82. The number of rotatable bonds is 3. The highest BCUT2D eigenvalue weighted by Crippen LogP contribution is 2.13. The zero-order valence-corrected chi connectivity index (χ0v) is 11.4. The van der Waals surface area contributed by atoms with Gasteiger partial charge in [0.25, 0.3) is 5.56 Å². The molecule has 0 amide bonds. The Balaban J connectivity index is 2.75. The van der Waals surface area contributed by atoms with Crippen molar-refractivity contribution >= 4 is 12.2 Å². The first-order valence-corrected chi connectivity index (χ1v) is 6.23. The summed E-state index contributed by atoms with van der Waals surface area (Å²) in [6, 6.07) is 1.74. The Morgan fingerprint density at radius 2 is 2.11 bits per heavy atom. The minimum Gasteiger partial charge on any atom is -0.300 e. The van der Waals surface area contributed by atoms with Gasteiger partial charge in [-0.3, -0.25) is 9.89 Å². The maximum Gasteiger partial charge on any atom is 0.277 e. The van der Waals surface area contributed by atoms with Crippen molar-refractivity contribution in [1.29, 1.82) is 0 Å². The molecular formula is C11H15N5OS. The highest BCUT2D eigenvalue weighted by atomic mass is 32.1. The first kappa shape index (κ1) is 12.7. The highest BCUT2D eigenvalue weighted by Gasteiger charge is 2.14. The number of hydrogen-bond donors (Lipinski definition) is 1. The fraction of sp³-hybridized carbons (Fsp3) is 0.455. The second-order valence-electron chi connectivity index (χ2n) is 3.92. The molecule has 0 aliphatic rings. The average Bonchev–Trinajstić information content (AvgIpc) is 2.72. The van der Waals surface area contributed by atoms with Gasteiger partial charge in [0.15, 0.2) is 10.6 Å². The van der Waals surface area contributed by atoms with Gasteiger partial charge in [0.05, 0.1) is 11.3 Å². The molecule has 0 spiro atoms.